The van der Waals surface area contributed by atoms with Crippen LogP contribution >= 0.6 is 0 Å². The number of aromatic nitrogens is 2. The lowest BCUT2D eigenvalue weighted by Gasteiger charge is -1.98. The van der Waals surface area contributed by atoms with Crippen LogP contribution in [0.1, 0.15) is 0 Å². The molecule has 0 atom stereocenters. The molecule has 0 aliphatic heterocycles. The summed E-state index contributed by atoms with van der Waals surface area (Å²) < 4.78 is 44.5. The van der Waals surface area contributed by atoms with Gasteiger partial charge in [-0.3, -0.25) is 10.1 Å². The van der Waals surface area contributed by atoms with Gasteiger partial charge >= 0.3 is 11.4 Å². The number of hydrogen-bond donors (Lipinski definition) is 0. The fourth-order valence-electron chi connectivity index (χ4n) is 1.25. The molecule has 1 aromatic heterocycles. The molecule has 0 aliphatic rings. The number of nitro groups is 1. The smallest absolute Gasteiger partial charge is 0.313 e. The molecule has 1 heterocycles. The van der Waals surface area contributed by atoms with Crippen LogP contribution in [-0.4, -0.2) is 10.2 Å². The monoisotopic (exact) mass is 261 g/mol. The van der Waals surface area contributed by atoms with Crippen molar-refractivity contribution >= 4 is 5.69 Å². The molecular weight excluding hydrogens is 259 g/mol. The first-order valence-electron chi connectivity index (χ1n) is 4.29. The molecule has 94 valence electrons. The average Bonchev–Trinajstić information content (AvgIpc) is 2.70. The highest BCUT2D eigenvalue weighted by Gasteiger charge is 2.32. The highest BCUT2D eigenvalue weighted by atomic mass is 19.2. The number of nitrogens with zero attached hydrogens (tertiary/aromatic N) is 3. The molecule has 0 saturated carbocycles. The van der Waals surface area contributed by atoms with Crippen molar-refractivity contribution < 1.29 is 32.4 Å². The van der Waals surface area contributed by atoms with E-state index in [1.54, 1.807) is 0 Å². The van der Waals surface area contributed by atoms with Crippen LogP contribution in [-0.2, 0) is 0 Å². The molecule has 0 unspecified atom stereocenters. The lowest BCUT2D eigenvalue weighted by molar-refractivity contribution is -0.674. The van der Waals surface area contributed by atoms with Crippen LogP contribution in [0, 0.1) is 27.6 Å². The fourth-order valence-corrected chi connectivity index (χ4v) is 1.25. The van der Waals surface area contributed by atoms with Crippen LogP contribution in [0.15, 0.2) is 16.8 Å². The zero-order chi connectivity index (χ0) is 13.4. The van der Waals surface area contributed by atoms with Gasteiger partial charge in [0.2, 0.25) is 23.6 Å². The topological polar surface area (TPSA) is 96.1 Å². The number of halogens is 3. The van der Waals surface area contributed by atoms with E-state index in [0.29, 0.717) is 10.9 Å². The maximum absolute atomic E-state index is 13.5. The van der Waals surface area contributed by atoms with E-state index in [1.165, 1.54) is 0 Å². The third kappa shape index (κ3) is 1.73. The van der Waals surface area contributed by atoms with Crippen molar-refractivity contribution in [3.05, 3.63) is 39.8 Å². The molecule has 0 bridgehead atoms. The zero-order valence-corrected chi connectivity index (χ0v) is 8.26. The summed E-state index contributed by atoms with van der Waals surface area (Å²) in [7, 11) is 0. The minimum atomic E-state index is -1.86. The molecule has 2 aromatic rings. The number of benzene rings is 1. The molecule has 10 heteroatoms. The van der Waals surface area contributed by atoms with Crippen molar-refractivity contribution in [3.8, 4) is 11.6 Å². The van der Waals surface area contributed by atoms with E-state index in [1.807, 2.05) is 0 Å². The summed E-state index contributed by atoms with van der Waals surface area (Å²) in [4.78, 5) is 9.04. The first kappa shape index (κ1) is 11.8. The van der Waals surface area contributed by atoms with E-state index in [2.05, 4.69) is 9.79 Å². The molecule has 0 saturated heterocycles. The standard InChI is InChI=1S/C8H2F3N3O4/c9-3-1-4(14(16)17)6(10)7(11)8(3)13-2-5(15)18-12-13/h1-2H. The zero-order valence-electron chi connectivity index (χ0n) is 8.26. The Labute approximate surface area is 95.8 Å². The molecule has 7 nitrogen and oxygen atoms in total. The molecule has 0 fully saturated rings. The second-order valence-electron chi connectivity index (χ2n) is 3.08. The van der Waals surface area contributed by atoms with Crippen molar-refractivity contribution in [2.45, 2.75) is 0 Å². The Hall–Kier alpha value is -2.65. The molecule has 1 aromatic carbocycles. The Kier molecular flexibility index (Phi) is 2.61. The second kappa shape index (κ2) is 3.98. The second-order valence-corrected chi connectivity index (χ2v) is 3.08. The molecular formula is C8H2F3N3O4. The Bertz CT molecular complexity index is 643. The molecule has 0 spiro atoms. The van der Waals surface area contributed by atoms with Crippen LogP contribution in [0.3, 0.4) is 0 Å². The molecule has 18 heavy (non-hydrogen) atoms. The van der Waals surface area contributed by atoms with Crippen LogP contribution in [0.5, 0.6) is 5.95 Å². The van der Waals surface area contributed by atoms with Crippen molar-refractivity contribution in [3.63, 3.8) is 0 Å². The van der Waals surface area contributed by atoms with E-state index in [4.69, 9.17) is 0 Å². The third-order valence-electron chi connectivity index (χ3n) is 1.99. The number of nitro benzene ring substituents is 1. The van der Waals surface area contributed by atoms with E-state index >= 15 is 0 Å². The summed E-state index contributed by atoms with van der Waals surface area (Å²) in [5, 5.41) is 23.9. The van der Waals surface area contributed by atoms with Crippen LogP contribution in [0.4, 0.5) is 18.9 Å². The van der Waals surface area contributed by atoms with Gasteiger partial charge in [0, 0.05) is 0 Å². The van der Waals surface area contributed by atoms with Crippen LogP contribution in [0.2, 0.25) is 0 Å². The van der Waals surface area contributed by atoms with E-state index < -0.39 is 39.7 Å². The van der Waals surface area contributed by atoms with Crippen molar-refractivity contribution in [2.75, 3.05) is 0 Å². The number of hydrogen-bond acceptors (Lipinski definition) is 5. The summed E-state index contributed by atoms with van der Waals surface area (Å²) in [6.07, 6.45) is 0.548. The minimum absolute atomic E-state index is 0.180. The summed E-state index contributed by atoms with van der Waals surface area (Å²) in [5.74, 6) is -6.19. The van der Waals surface area contributed by atoms with Crippen molar-refractivity contribution in [2.24, 2.45) is 0 Å². The summed E-state index contributed by atoms with van der Waals surface area (Å²) in [6, 6.07) is 0.180. The Morgan fingerprint density at radius 2 is 2.00 bits per heavy atom. The summed E-state index contributed by atoms with van der Waals surface area (Å²) in [5.41, 5.74) is -2.44. The molecule has 0 aliphatic carbocycles. The molecule has 2 rings (SSSR count). The lowest BCUT2D eigenvalue weighted by Crippen LogP contribution is -2.35. The SMILES string of the molecule is O=[N+]([O-])c1cc(F)c(-[n+]2cc([O-])on2)c(F)c1F. The van der Waals surface area contributed by atoms with Gasteiger partial charge in [0.1, 0.15) is 5.95 Å². The molecule has 0 radical (unpaired) electrons. The lowest BCUT2D eigenvalue weighted by atomic mass is 10.2. The predicted molar refractivity (Wildman–Crippen MR) is 44.0 cm³/mol. The Morgan fingerprint density at radius 1 is 1.33 bits per heavy atom. The van der Waals surface area contributed by atoms with Gasteiger partial charge < -0.3 is 9.63 Å². The third-order valence-corrected chi connectivity index (χ3v) is 1.99. The van der Waals surface area contributed by atoms with E-state index in [-0.39, 0.29) is 6.07 Å². The van der Waals surface area contributed by atoms with Gasteiger partial charge in [0.15, 0.2) is 0 Å². The Balaban J connectivity index is 2.70. The molecule has 0 N–H and O–H groups in total. The van der Waals surface area contributed by atoms with Crippen LogP contribution in [0.25, 0.3) is 5.69 Å². The summed E-state index contributed by atoms with van der Waals surface area (Å²) in [6.45, 7) is 0. The average molecular weight is 261 g/mol. The van der Waals surface area contributed by atoms with Gasteiger partial charge in [-0.2, -0.15) is 13.2 Å². The highest BCUT2D eigenvalue weighted by Crippen LogP contribution is 2.25. The highest BCUT2D eigenvalue weighted by molar-refractivity contribution is 5.40. The maximum atomic E-state index is 13.5. The van der Waals surface area contributed by atoms with Gasteiger partial charge in [-0.1, -0.05) is 0 Å². The maximum Gasteiger partial charge on any atom is 0.313 e. The quantitative estimate of drug-likeness (QED) is 0.336. The normalized spacial score (nSPS) is 10.6. The largest absolute Gasteiger partial charge is 0.539 e. The van der Waals surface area contributed by atoms with E-state index in [9.17, 15) is 28.4 Å². The van der Waals surface area contributed by atoms with Gasteiger partial charge in [-0.05, 0) is 4.68 Å². The Morgan fingerprint density at radius 3 is 2.50 bits per heavy atom. The first-order valence-corrected chi connectivity index (χ1v) is 4.29. The minimum Gasteiger partial charge on any atom is -0.539 e. The fraction of sp³-hybridized carbons (Fsp3) is 0. The number of rotatable bonds is 2. The first-order chi connectivity index (χ1) is 8.41. The van der Waals surface area contributed by atoms with Crippen molar-refractivity contribution in [1.29, 1.82) is 0 Å². The van der Waals surface area contributed by atoms with Gasteiger partial charge in [0.05, 0.1) is 16.3 Å². The van der Waals surface area contributed by atoms with E-state index in [0.717, 1.165) is 0 Å². The molecule has 0 amide bonds. The summed E-state index contributed by atoms with van der Waals surface area (Å²) >= 11 is 0. The van der Waals surface area contributed by atoms with Gasteiger partial charge in [-0.25, -0.2) is 0 Å². The van der Waals surface area contributed by atoms with Gasteiger partial charge in [0.25, 0.3) is 0 Å². The van der Waals surface area contributed by atoms with Crippen LogP contribution < -0.4 is 9.79 Å². The predicted octanol–water partition coefficient (Wildman–Crippen LogP) is 0.350. The van der Waals surface area contributed by atoms with Gasteiger partial charge in [-0.15, -0.1) is 0 Å². The van der Waals surface area contributed by atoms with Crippen molar-refractivity contribution in [1.82, 2.24) is 5.27 Å².